The maximum absolute atomic E-state index is 16.6. The number of anilines is 2. The van der Waals surface area contributed by atoms with Gasteiger partial charge in [0.05, 0.1) is 32.9 Å². The highest BCUT2D eigenvalue weighted by Crippen LogP contribution is 2.43. The molecule has 7 rings (SSSR count). The fourth-order valence-electron chi connectivity index (χ4n) is 6.81. The van der Waals surface area contributed by atoms with E-state index in [1.54, 1.807) is 11.0 Å². The van der Waals surface area contributed by atoms with Crippen LogP contribution in [-0.2, 0) is 4.79 Å². The molecule has 43 heavy (non-hydrogen) atoms. The number of hydrogen-bond donors (Lipinski definition) is 2. The van der Waals surface area contributed by atoms with Crippen LogP contribution in [0.25, 0.3) is 32.2 Å². The van der Waals surface area contributed by atoms with E-state index >= 15 is 4.39 Å². The van der Waals surface area contributed by atoms with Crippen LogP contribution in [0.1, 0.15) is 32.6 Å². The average Bonchev–Trinajstić information content (AvgIpc) is 3.69. The Kier molecular flexibility index (Phi) is 6.90. The number of fused-ring (bicyclic) bond motifs is 3. The van der Waals surface area contributed by atoms with Crippen molar-refractivity contribution in [1.82, 2.24) is 24.8 Å². The van der Waals surface area contributed by atoms with Crippen molar-refractivity contribution in [3.63, 3.8) is 0 Å². The van der Waals surface area contributed by atoms with E-state index in [9.17, 15) is 9.18 Å². The first kappa shape index (κ1) is 28.2. The van der Waals surface area contributed by atoms with Crippen molar-refractivity contribution >= 4 is 60.9 Å². The summed E-state index contributed by atoms with van der Waals surface area (Å²) in [6.07, 6.45) is 5.57. The lowest BCUT2D eigenvalue weighted by Gasteiger charge is -2.46. The van der Waals surface area contributed by atoms with Crippen molar-refractivity contribution in [3.8, 4) is 17.1 Å². The third-order valence-corrected chi connectivity index (χ3v) is 10.4. The zero-order valence-corrected chi connectivity index (χ0v) is 25.1. The number of carbonyl (C=O) groups is 1. The van der Waals surface area contributed by atoms with Gasteiger partial charge >= 0.3 is 6.01 Å². The number of nitrogen functional groups attached to an aromatic ring is 1. The molecule has 2 unspecified atom stereocenters. The molecule has 2 aromatic carbocycles. The number of likely N-dealkylation sites (tertiary alicyclic amines) is 1. The molecule has 1 amide bonds. The van der Waals surface area contributed by atoms with Gasteiger partial charge in [-0.3, -0.25) is 9.69 Å². The molecule has 0 bridgehead atoms. The van der Waals surface area contributed by atoms with E-state index in [1.165, 1.54) is 18.2 Å². The van der Waals surface area contributed by atoms with E-state index in [-0.39, 0.29) is 61.0 Å². The standard InChI is InChI=1S/C30H30ClF2N7O2S/c1-3-21(41)40-13-20(15(40)2)35-27-17-12-18(31)22(16-6-7-19(32)26-25(16)36-28(34)43-26)23(33)24(17)37-29(38-27)42-14-30-8-4-10-39(30)11-5-9-30/h3,6-7,12,15,20H,1,4-5,8-11,13-14H2,2H3,(H2,34,36)(H,35,37,38). The van der Waals surface area contributed by atoms with Gasteiger partial charge in [0.2, 0.25) is 5.91 Å². The Morgan fingerprint density at radius 2 is 2.02 bits per heavy atom. The number of hydrogen-bond acceptors (Lipinski definition) is 9. The van der Waals surface area contributed by atoms with Gasteiger partial charge in [-0.2, -0.15) is 9.97 Å². The first-order chi connectivity index (χ1) is 20.7. The van der Waals surface area contributed by atoms with E-state index in [2.05, 4.69) is 31.7 Å². The number of amides is 1. The number of halogens is 3. The van der Waals surface area contributed by atoms with Gasteiger partial charge in [-0.1, -0.05) is 29.5 Å². The predicted octanol–water partition coefficient (Wildman–Crippen LogP) is 5.62. The van der Waals surface area contributed by atoms with E-state index in [0.29, 0.717) is 29.9 Å². The quantitative estimate of drug-likeness (QED) is 0.255. The SMILES string of the molecule is C=CC(=O)N1CC(Nc2nc(OCC34CCCN3CCC4)nc3c(F)c(-c4ccc(F)c5sc(N)nc45)c(Cl)cc23)C1C. The van der Waals surface area contributed by atoms with Crippen molar-refractivity contribution in [2.24, 2.45) is 0 Å². The Labute approximate surface area is 255 Å². The third-order valence-electron chi connectivity index (χ3n) is 9.17. The Morgan fingerprint density at radius 1 is 1.26 bits per heavy atom. The molecular weight excluding hydrogens is 596 g/mol. The maximum atomic E-state index is 16.6. The van der Waals surface area contributed by atoms with Crippen LogP contribution in [-0.4, -0.2) is 74.5 Å². The van der Waals surface area contributed by atoms with Crippen molar-refractivity contribution in [1.29, 1.82) is 0 Å². The third kappa shape index (κ3) is 4.58. The minimum atomic E-state index is -0.705. The lowest BCUT2D eigenvalue weighted by Crippen LogP contribution is -2.63. The van der Waals surface area contributed by atoms with Gasteiger partial charge in [0, 0.05) is 23.1 Å². The van der Waals surface area contributed by atoms with Crippen LogP contribution in [0.15, 0.2) is 30.9 Å². The van der Waals surface area contributed by atoms with Crippen LogP contribution in [0.3, 0.4) is 0 Å². The molecule has 2 atom stereocenters. The smallest absolute Gasteiger partial charge is 0.319 e. The second-order valence-corrected chi connectivity index (χ2v) is 13.0. The molecule has 2 aromatic heterocycles. The monoisotopic (exact) mass is 625 g/mol. The Bertz CT molecular complexity index is 1790. The van der Waals surface area contributed by atoms with Crippen molar-refractivity contribution in [2.45, 2.75) is 50.2 Å². The second-order valence-electron chi connectivity index (χ2n) is 11.5. The molecule has 3 aliphatic heterocycles. The molecule has 13 heteroatoms. The molecule has 3 saturated heterocycles. The summed E-state index contributed by atoms with van der Waals surface area (Å²) in [6, 6.07) is 4.04. The van der Waals surface area contributed by atoms with Crippen molar-refractivity contribution in [2.75, 3.05) is 37.3 Å². The molecule has 3 fully saturated rings. The fraction of sp³-hybridized carbons (Fsp3) is 0.400. The first-order valence-electron chi connectivity index (χ1n) is 14.3. The summed E-state index contributed by atoms with van der Waals surface area (Å²) >= 11 is 7.72. The van der Waals surface area contributed by atoms with Crippen LogP contribution in [0.4, 0.5) is 19.7 Å². The van der Waals surface area contributed by atoms with Gasteiger partial charge in [-0.05, 0) is 70.0 Å². The van der Waals surface area contributed by atoms with E-state index in [0.717, 1.165) is 50.1 Å². The largest absolute Gasteiger partial charge is 0.461 e. The minimum absolute atomic E-state index is 0.00535. The molecule has 5 heterocycles. The molecular formula is C30H30ClF2N7O2S. The van der Waals surface area contributed by atoms with E-state index in [4.69, 9.17) is 22.1 Å². The van der Waals surface area contributed by atoms with Crippen LogP contribution in [0.2, 0.25) is 5.02 Å². The molecule has 3 aliphatic rings. The molecule has 4 aromatic rings. The molecule has 3 N–H and O–H groups in total. The first-order valence-corrected chi connectivity index (χ1v) is 15.5. The highest BCUT2D eigenvalue weighted by atomic mass is 35.5. The van der Waals surface area contributed by atoms with Crippen LogP contribution in [0, 0.1) is 11.6 Å². The number of aromatic nitrogens is 3. The summed E-state index contributed by atoms with van der Waals surface area (Å²) in [5.74, 6) is -1.01. The predicted molar refractivity (Wildman–Crippen MR) is 165 cm³/mol. The molecule has 0 spiro atoms. The van der Waals surface area contributed by atoms with Crippen molar-refractivity contribution < 1.29 is 18.3 Å². The Hall–Kier alpha value is -3.61. The number of carbonyl (C=O) groups excluding carboxylic acids is 1. The Balaban J connectivity index is 1.32. The molecule has 224 valence electrons. The normalized spacial score (nSPS) is 21.3. The van der Waals surface area contributed by atoms with Gasteiger partial charge in [-0.25, -0.2) is 13.8 Å². The zero-order valence-electron chi connectivity index (χ0n) is 23.5. The van der Waals surface area contributed by atoms with Gasteiger partial charge in [-0.15, -0.1) is 0 Å². The summed E-state index contributed by atoms with van der Waals surface area (Å²) in [4.78, 5) is 29.8. The highest BCUT2D eigenvalue weighted by molar-refractivity contribution is 7.22. The zero-order chi connectivity index (χ0) is 30.0. The van der Waals surface area contributed by atoms with Crippen molar-refractivity contribution in [3.05, 3.63) is 47.5 Å². The number of nitrogens with zero attached hydrogens (tertiary/aromatic N) is 5. The summed E-state index contributed by atoms with van der Waals surface area (Å²) in [5.41, 5.74) is 6.40. The number of rotatable bonds is 7. The number of ether oxygens (including phenoxy) is 1. The Morgan fingerprint density at radius 3 is 2.74 bits per heavy atom. The molecule has 0 saturated carbocycles. The second kappa shape index (κ2) is 10.5. The van der Waals surface area contributed by atoms with Crippen LogP contribution >= 0.6 is 22.9 Å². The number of nitrogens with two attached hydrogens (primary N) is 1. The highest BCUT2D eigenvalue weighted by Gasteiger charge is 2.45. The lowest BCUT2D eigenvalue weighted by atomic mass is 9.95. The molecule has 0 aliphatic carbocycles. The van der Waals surface area contributed by atoms with E-state index < -0.39 is 11.6 Å². The van der Waals surface area contributed by atoms with E-state index in [1.807, 2.05) is 6.92 Å². The summed E-state index contributed by atoms with van der Waals surface area (Å²) in [5, 5.41) is 3.98. The van der Waals surface area contributed by atoms with Crippen LogP contribution < -0.4 is 15.8 Å². The molecule has 0 radical (unpaired) electrons. The van der Waals surface area contributed by atoms with Crippen LogP contribution in [0.5, 0.6) is 6.01 Å². The van der Waals surface area contributed by atoms with Gasteiger partial charge in [0.15, 0.2) is 10.9 Å². The van der Waals surface area contributed by atoms with Gasteiger partial charge < -0.3 is 20.7 Å². The maximum Gasteiger partial charge on any atom is 0.319 e. The number of benzene rings is 2. The fourth-order valence-corrected chi connectivity index (χ4v) is 7.87. The topological polar surface area (TPSA) is 110 Å². The summed E-state index contributed by atoms with van der Waals surface area (Å²) in [7, 11) is 0. The number of nitrogens with one attached hydrogen (secondary N) is 1. The average molecular weight is 626 g/mol. The molecule has 9 nitrogen and oxygen atoms in total. The minimum Gasteiger partial charge on any atom is -0.461 e. The summed E-state index contributed by atoms with van der Waals surface area (Å²) in [6.45, 7) is 8.40. The lowest BCUT2D eigenvalue weighted by molar-refractivity contribution is -0.133. The summed E-state index contributed by atoms with van der Waals surface area (Å²) < 4.78 is 37.6. The van der Waals surface area contributed by atoms with Gasteiger partial charge in [0.25, 0.3) is 0 Å². The van der Waals surface area contributed by atoms with Gasteiger partial charge in [0.1, 0.15) is 23.8 Å². The number of thiazole rings is 1.